The Balaban J connectivity index is 2.25. The van der Waals surface area contributed by atoms with Crippen molar-refractivity contribution in [2.24, 2.45) is 0 Å². The van der Waals surface area contributed by atoms with Gasteiger partial charge < -0.3 is 4.74 Å². The van der Waals surface area contributed by atoms with Crippen molar-refractivity contribution in [3.05, 3.63) is 64.4 Å². The van der Waals surface area contributed by atoms with Crippen molar-refractivity contribution < 1.29 is 9.13 Å². The summed E-state index contributed by atoms with van der Waals surface area (Å²) in [6.07, 6.45) is 4.18. The van der Waals surface area contributed by atoms with Crippen LogP contribution in [0.15, 0.2) is 42.5 Å². The molecule has 2 aromatic rings. The molecule has 2 rings (SSSR count). The van der Waals surface area contributed by atoms with E-state index in [0.29, 0.717) is 16.5 Å². The van der Waals surface area contributed by atoms with Gasteiger partial charge in [0.25, 0.3) is 0 Å². The third-order valence-corrected chi connectivity index (χ3v) is 4.57. The average Bonchev–Trinajstić information content (AvgIpc) is 2.55. The van der Waals surface area contributed by atoms with E-state index in [1.165, 1.54) is 11.6 Å². The van der Waals surface area contributed by atoms with E-state index in [-0.39, 0.29) is 11.9 Å². The van der Waals surface area contributed by atoms with Crippen molar-refractivity contribution in [3.63, 3.8) is 0 Å². The Labute approximate surface area is 149 Å². The highest BCUT2D eigenvalue weighted by atomic mass is 35.5. The monoisotopic (exact) mass is 348 g/mol. The van der Waals surface area contributed by atoms with Gasteiger partial charge >= 0.3 is 0 Å². The minimum absolute atomic E-state index is 0.328. The predicted octanol–water partition coefficient (Wildman–Crippen LogP) is 7.30. The van der Waals surface area contributed by atoms with E-state index in [1.54, 1.807) is 12.1 Å². The van der Waals surface area contributed by atoms with Crippen molar-refractivity contribution in [2.75, 3.05) is 0 Å². The van der Waals surface area contributed by atoms with Crippen LogP contribution in [-0.4, -0.2) is 0 Å². The summed E-state index contributed by atoms with van der Waals surface area (Å²) in [7, 11) is 0. The quantitative estimate of drug-likeness (QED) is 0.486. The van der Waals surface area contributed by atoms with Crippen molar-refractivity contribution in [2.45, 2.75) is 58.5 Å². The largest absolute Gasteiger partial charge is 0.486 e. The van der Waals surface area contributed by atoms with Crippen molar-refractivity contribution in [1.29, 1.82) is 0 Å². The van der Waals surface area contributed by atoms with Crippen LogP contribution in [0.5, 0.6) is 5.75 Å². The first-order chi connectivity index (χ1) is 11.6. The van der Waals surface area contributed by atoms with Crippen LogP contribution < -0.4 is 4.74 Å². The number of para-hydroxylation sites is 1. The average molecular weight is 349 g/mol. The fourth-order valence-electron chi connectivity index (χ4n) is 3.16. The molecule has 0 aliphatic rings. The smallest absolute Gasteiger partial charge is 0.131 e. The lowest BCUT2D eigenvalue weighted by atomic mass is 9.90. The lowest BCUT2D eigenvalue weighted by Gasteiger charge is -2.23. The minimum atomic E-state index is -0.368. The Morgan fingerprint density at radius 2 is 1.67 bits per heavy atom. The molecule has 1 nitrogen and oxygen atoms in total. The zero-order valence-electron chi connectivity index (χ0n) is 14.7. The van der Waals surface area contributed by atoms with Crippen molar-refractivity contribution in [1.82, 2.24) is 0 Å². The molecule has 0 saturated carbocycles. The molecular weight excluding hydrogens is 323 g/mol. The Hall–Kier alpha value is -1.54. The highest BCUT2D eigenvalue weighted by Gasteiger charge is 2.18. The van der Waals surface area contributed by atoms with Crippen LogP contribution in [0.2, 0.25) is 5.02 Å². The fraction of sp³-hybridized carbons (Fsp3) is 0.429. The van der Waals surface area contributed by atoms with Crippen LogP contribution in [0.1, 0.15) is 69.6 Å². The minimum Gasteiger partial charge on any atom is -0.486 e. The number of rotatable bonds is 8. The van der Waals surface area contributed by atoms with Crippen LogP contribution >= 0.6 is 11.6 Å². The van der Waals surface area contributed by atoms with Gasteiger partial charge in [0.15, 0.2) is 0 Å². The van der Waals surface area contributed by atoms with E-state index in [4.69, 9.17) is 16.3 Å². The first kappa shape index (κ1) is 18.8. The molecule has 2 aromatic carbocycles. The second-order valence-corrected chi connectivity index (χ2v) is 6.67. The van der Waals surface area contributed by atoms with E-state index >= 15 is 0 Å². The molecule has 0 radical (unpaired) electrons. The Morgan fingerprint density at radius 3 is 2.29 bits per heavy atom. The van der Waals surface area contributed by atoms with E-state index in [0.717, 1.165) is 31.4 Å². The summed E-state index contributed by atoms with van der Waals surface area (Å²) in [5.74, 6) is 1.01. The lowest BCUT2D eigenvalue weighted by molar-refractivity contribution is 0.217. The third kappa shape index (κ3) is 4.73. The van der Waals surface area contributed by atoms with Crippen LogP contribution in [0.25, 0.3) is 0 Å². The van der Waals surface area contributed by atoms with Gasteiger partial charge in [-0.3, -0.25) is 0 Å². The Bertz CT molecular complexity index is 650. The molecule has 130 valence electrons. The highest BCUT2D eigenvalue weighted by molar-refractivity contribution is 6.30. The van der Waals surface area contributed by atoms with E-state index in [9.17, 15) is 4.39 Å². The standard InChI is InChI=1S/C21H26ClFO/c1-4-8-16(9-5-2)19-10-6-7-11-21(19)24-15(3)18-13-12-17(22)14-20(18)23/h6-7,10-16H,4-5,8-9H2,1-3H3. The van der Waals surface area contributed by atoms with E-state index < -0.39 is 0 Å². The molecule has 1 unspecified atom stereocenters. The summed E-state index contributed by atoms with van der Waals surface area (Å²) in [5, 5.41) is 0.398. The topological polar surface area (TPSA) is 9.23 Å². The van der Waals surface area contributed by atoms with Crippen molar-refractivity contribution >= 4 is 11.6 Å². The third-order valence-electron chi connectivity index (χ3n) is 4.34. The van der Waals surface area contributed by atoms with Gasteiger partial charge in [-0.05, 0) is 49.4 Å². The molecule has 0 saturated heterocycles. The zero-order valence-corrected chi connectivity index (χ0v) is 15.4. The van der Waals surface area contributed by atoms with Crippen LogP contribution in [0.3, 0.4) is 0 Å². The molecule has 0 spiro atoms. The number of ether oxygens (including phenoxy) is 1. The number of hydrogen-bond donors (Lipinski definition) is 0. The lowest BCUT2D eigenvalue weighted by Crippen LogP contribution is -2.09. The second-order valence-electron chi connectivity index (χ2n) is 6.24. The Morgan fingerprint density at radius 1 is 1.00 bits per heavy atom. The molecular formula is C21H26ClFO. The van der Waals surface area contributed by atoms with Gasteiger partial charge in [-0.15, -0.1) is 0 Å². The SMILES string of the molecule is CCCC(CCC)c1ccccc1OC(C)c1ccc(Cl)cc1F. The van der Waals surface area contributed by atoms with Crippen LogP contribution in [-0.2, 0) is 0 Å². The molecule has 0 bridgehead atoms. The Kier molecular flexibility index (Phi) is 7.11. The number of halogens is 2. The van der Waals surface area contributed by atoms with Crippen LogP contribution in [0.4, 0.5) is 4.39 Å². The van der Waals surface area contributed by atoms with Crippen molar-refractivity contribution in [3.8, 4) is 5.75 Å². The summed E-state index contributed by atoms with van der Waals surface area (Å²) in [4.78, 5) is 0. The molecule has 0 fully saturated rings. The molecule has 0 amide bonds. The van der Waals surface area contributed by atoms with Gasteiger partial charge in [-0.25, -0.2) is 4.39 Å². The maximum Gasteiger partial charge on any atom is 0.131 e. The molecule has 3 heteroatoms. The van der Waals surface area contributed by atoms with Gasteiger partial charge in [0.1, 0.15) is 17.7 Å². The first-order valence-corrected chi connectivity index (χ1v) is 9.15. The molecule has 0 N–H and O–H groups in total. The molecule has 0 aliphatic carbocycles. The summed E-state index contributed by atoms with van der Waals surface area (Å²) < 4.78 is 20.3. The molecule has 0 aliphatic heterocycles. The summed E-state index contributed by atoms with van der Waals surface area (Å²) in [6.45, 7) is 6.29. The van der Waals surface area contributed by atoms with Gasteiger partial charge in [0.05, 0.1) is 0 Å². The zero-order chi connectivity index (χ0) is 17.5. The van der Waals surface area contributed by atoms with Crippen LogP contribution in [0, 0.1) is 5.82 Å². The second kappa shape index (κ2) is 9.08. The molecule has 24 heavy (non-hydrogen) atoms. The summed E-state index contributed by atoms with van der Waals surface area (Å²) in [6, 6.07) is 12.9. The highest BCUT2D eigenvalue weighted by Crippen LogP contribution is 2.35. The maximum absolute atomic E-state index is 14.1. The number of hydrogen-bond acceptors (Lipinski definition) is 1. The maximum atomic E-state index is 14.1. The first-order valence-electron chi connectivity index (χ1n) is 8.77. The fourth-order valence-corrected chi connectivity index (χ4v) is 3.32. The number of benzene rings is 2. The molecule has 0 heterocycles. The summed E-state index contributed by atoms with van der Waals surface area (Å²) in [5.41, 5.74) is 1.75. The van der Waals surface area contributed by atoms with Gasteiger partial charge in [-0.1, -0.05) is 62.6 Å². The predicted molar refractivity (Wildman–Crippen MR) is 99.5 cm³/mol. The van der Waals surface area contributed by atoms with Gasteiger partial charge in [0.2, 0.25) is 0 Å². The van der Waals surface area contributed by atoms with Gasteiger partial charge in [-0.2, -0.15) is 0 Å². The normalized spacial score (nSPS) is 12.4. The molecule has 1 atom stereocenters. The van der Waals surface area contributed by atoms with E-state index in [1.807, 2.05) is 25.1 Å². The van der Waals surface area contributed by atoms with E-state index in [2.05, 4.69) is 19.9 Å². The molecule has 0 aromatic heterocycles. The van der Waals surface area contributed by atoms with Gasteiger partial charge in [0, 0.05) is 10.6 Å². The summed E-state index contributed by atoms with van der Waals surface area (Å²) >= 11 is 5.84.